The minimum Gasteiger partial charge on any atom is -0.379 e. The van der Waals surface area contributed by atoms with Crippen molar-refractivity contribution in [2.75, 3.05) is 6.54 Å². The molecule has 1 aromatic rings. The molecule has 0 saturated carbocycles. The molecule has 2 unspecified atom stereocenters. The smallest absolute Gasteiger partial charge is 0.105 e. The quantitative estimate of drug-likeness (QED) is 0.649. The second-order valence-electron chi connectivity index (χ2n) is 3.27. The van der Waals surface area contributed by atoms with E-state index < -0.39 is 0 Å². The van der Waals surface area contributed by atoms with Crippen molar-refractivity contribution in [1.29, 1.82) is 0 Å². The Hall–Kier alpha value is -0.860. The van der Waals surface area contributed by atoms with E-state index in [1.54, 1.807) is 0 Å². The number of aliphatic hydroxyl groups is 1. The molecule has 1 aliphatic rings. The number of hydrogen-bond acceptors (Lipinski definition) is 2. The van der Waals surface area contributed by atoms with Gasteiger partial charge in [0, 0.05) is 12.5 Å². The van der Waals surface area contributed by atoms with Gasteiger partial charge in [-0.25, -0.2) is 0 Å². The SMILES string of the molecule is OC1CC(c2ccccc2)CN1. The summed E-state index contributed by atoms with van der Waals surface area (Å²) in [5.74, 6) is 0.487. The first-order valence-corrected chi connectivity index (χ1v) is 4.32. The molecule has 1 saturated heterocycles. The summed E-state index contributed by atoms with van der Waals surface area (Å²) in [4.78, 5) is 0. The van der Waals surface area contributed by atoms with Crippen molar-refractivity contribution in [3.63, 3.8) is 0 Å². The lowest BCUT2D eigenvalue weighted by atomic mass is 9.98. The molecule has 12 heavy (non-hydrogen) atoms. The first-order valence-electron chi connectivity index (χ1n) is 4.32. The molecule has 2 atom stereocenters. The fourth-order valence-electron chi connectivity index (χ4n) is 1.69. The molecule has 1 aliphatic heterocycles. The average molecular weight is 163 g/mol. The van der Waals surface area contributed by atoms with Crippen molar-refractivity contribution >= 4 is 0 Å². The molecule has 2 rings (SSSR count). The zero-order valence-corrected chi connectivity index (χ0v) is 6.90. The fraction of sp³-hybridized carbons (Fsp3) is 0.400. The maximum atomic E-state index is 9.25. The van der Waals surface area contributed by atoms with E-state index in [9.17, 15) is 5.11 Å². The van der Waals surface area contributed by atoms with Crippen LogP contribution in [0.25, 0.3) is 0 Å². The van der Waals surface area contributed by atoms with Gasteiger partial charge < -0.3 is 5.11 Å². The summed E-state index contributed by atoms with van der Waals surface area (Å²) in [5.41, 5.74) is 1.32. The third-order valence-corrected chi connectivity index (χ3v) is 2.38. The number of hydrogen-bond donors (Lipinski definition) is 2. The highest BCUT2D eigenvalue weighted by molar-refractivity contribution is 5.21. The van der Waals surface area contributed by atoms with E-state index in [0.717, 1.165) is 13.0 Å². The summed E-state index contributed by atoms with van der Waals surface area (Å²) in [6.07, 6.45) is 0.527. The summed E-state index contributed by atoms with van der Waals surface area (Å²) in [6, 6.07) is 10.3. The molecule has 2 heteroatoms. The van der Waals surface area contributed by atoms with Crippen LogP contribution in [0.5, 0.6) is 0 Å². The molecule has 2 nitrogen and oxygen atoms in total. The highest BCUT2D eigenvalue weighted by atomic mass is 16.3. The third-order valence-electron chi connectivity index (χ3n) is 2.38. The molecule has 0 aromatic heterocycles. The minimum atomic E-state index is -0.310. The highest BCUT2D eigenvalue weighted by Crippen LogP contribution is 2.23. The lowest BCUT2D eigenvalue weighted by molar-refractivity contribution is 0.159. The van der Waals surface area contributed by atoms with Crippen LogP contribution in [0.1, 0.15) is 17.9 Å². The van der Waals surface area contributed by atoms with Crippen LogP contribution in [0.2, 0.25) is 0 Å². The second-order valence-corrected chi connectivity index (χ2v) is 3.27. The van der Waals surface area contributed by atoms with Crippen LogP contribution in [-0.2, 0) is 0 Å². The maximum Gasteiger partial charge on any atom is 0.105 e. The van der Waals surface area contributed by atoms with E-state index >= 15 is 0 Å². The van der Waals surface area contributed by atoms with Crippen molar-refractivity contribution in [2.45, 2.75) is 18.6 Å². The van der Waals surface area contributed by atoms with E-state index in [0.29, 0.717) is 5.92 Å². The molecular formula is C10H13NO. The van der Waals surface area contributed by atoms with Crippen LogP contribution in [0, 0.1) is 0 Å². The van der Waals surface area contributed by atoms with Gasteiger partial charge in [-0.15, -0.1) is 0 Å². The summed E-state index contributed by atoms with van der Waals surface area (Å²) < 4.78 is 0. The predicted octanol–water partition coefficient (Wildman–Crippen LogP) is 1.08. The van der Waals surface area contributed by atoms with Crippen LogP contribution >= 0.6 is 0 Å². The Morgan fingerprint density at radius 1 is 1.25 bits per heavy atom. The number of benzene rings is 1. The molecule has 2 N–H and O–H groups in total. The van der Waals surface area contributed by atoms with Crippen LogP contribution in [0.3, 0.4) is 0 Å². The van der Waals surface area contributed by atoms with Gasteiger partial charge in [0.2, 0.25) is 0 Å². The highest BCUT2D eigenvalue weighted by Gasteiger charge is 2.22. The fourth-order valence-corrected chi connectivity index (χ4v) is 1.69. The van der Waals surface area contributed by atoms with E-state index in [1.807, 2.05) is 18.2 Å². The zero-order chi connectivity index (χ0) is 8.39. The Morgan fingerprint density at radius 3 is 2.58 bits per heavy atom. The van der Waals surface area contributed by atoms with Crippen LogP contribution in [0.4, 0.5) is 0 Å². The van der Waals surface area contributed by atoms with Crippen LogP contribution in [-0.4, -0.2) is 17.9 Å². The van der Waals surface area contributed by atoms with E-state index in [2.05, 4.69) is 17.4 Å². The standard InChI is InChI=1S/C10H13NO/c12-10-6-9(7-11-10)8-4-2-1-3-5-8/h1-5,9-12H,6-7H2. The van der Waals surface area contributed by atoms with Gasteiger partial charge in [-0.2, -0.15) is 0 Å². The lowest BCUT2D eigenvalue weighted by Crippen LogP contribution is -2.19. The minimum absolute atomic E-state index is 0.310. The van der Waals surface area contributed by atoms with Crippen molar-refractivity contribution < 1.29 is 5.11 Å². The normalized spacial score (nSPS) is 29.1. The Bertz CT molecular complexity index is 247. The Kier molecular flexibility index (Phi) is 2.11. The molecule has 1 aromatic carbocycles. The molecule has 0 aliphatic carbocycles. The van der Waals surface area contributed by atoms with Gasteiger partial charge in [-0.3, -0.25) is 5.32 Å². The van der Waals surface area contributed by atoms with E-state index in [4.69, 9.17) is 0 Å². The van der Waals surface area contributed by atoms with Gasteiger partial charge in [-0.1, -0.05) is 30.3 Å². The first kappa shape index (κ1) is 7.77. The maximum absolute atomic E-state index is 9.25. The van der Waals surface area contributed by atoms with Gasteiger partial charge in [-0.05, 0) is 12.0 Å². The van der Waals surface area contributed by atoms with Crippen molar-refractivity contribution in [1.82, 2.24) is 5.32 Å². The van der Waals surface area contributed by atoms with E-state index in [-0.39, 0.29) is 6.23 Å². The number of nitrogens with one attached hydrogen (secondary N) is 1. The molecule has 0 radical (unpaired) electrons. The molecule has 1 fully saturated rings. The van der Waals surface area contributed by atoms with Crippen molar-refractivity contribution in [3.05, 3.63) is 35.9 Å². The molecule has 1 heterocycles. The summed E-state index contributed by atoms with van der Waals surface area (Å²) in [6.45, 7) is 0.894. The average Bonchev–Trinajstić information content (AvgIpc) is 2.54. The summed E-state index contributed by atoms with van der Waals surface area (Å²) in [5, 5.41) is 12.3. The molecule has 0 spiro atoms. The zero-order valence-electron chi connectivity index (χ0n) is 6.90. The van der Waals surface area contributed by atoms with Gasteiger partial charge >= 0.3 is 0 Å². The van der Waals surface area contributed by atoms with Crippen molar-refractivity contribution in [3.8, 4) is 0 Å². The van der Waals surface area contributed by atoms with Gasteiger partial charge in [0.25, 0.3) is 0 Å². The lowest BCUT2D eigenvalue weighted by Gasteiger charge is -2.06. The van der Waals surface area contributed by atoms with Gasteiger partial charge in [0.1, 0.15) is 6.23 Å². The predicted molar refractivity (Wildman–Crippen MR) is 47.8 cm³/mol. The Labute approximate surface area is 72.2 Å². The molecule has 0 bridgehead atoms. The van der Waals surface area contributed by atoms with Gasteiger partial charge in [0.05, 0.1) is 0 Å². The second kappa shape index (κ2) is 3.25. The Balaban J connectivity index is 2.11. The van der Waals surface area contributed by atoms with Crippen LogP contribution in [0.15, 0.2) is 30.3 Å². The summed E-state index contributed by atoms with van der Waals surface area (Å²) >= 11 is 0. The van der Waals surface area contributed by atoms with Crippen molar-refractivity contribution in [2.24, 2.45) is 0 Å². The third kappa shape index (κ3) is 1.49. The molecular weight excluding hydrogens is 150 g/mol. The molecule has 64 valence electrons. The first-order chi connectivity index (χ1) is 5.86. The van der Waals surface area contributed by atoms with Crippen LogP contribution < -0.4 is 5.32 Å². The largest absolute Gasteiger partial charge is 0.379 e. The number of rotatable bonds is 1. The monoisotopic (exact) mass is 163 g/mol. The molecule has 0 amide bonds. The topological polar surface area (TPSA) is 32.3 Å². The van der Waals surface area contributed by atoms with E-state index in [1.165, 1.54) is 5.56 Å². The number of aliphatic hydroxyl groups excluding tert-OH is 1. The van der Waals surface area contributed by atoms with Gasteiger partial charge in [0.15, 0.2) is 0 Å². The summed E-state index contributed by atoms with van der Waals surface area (Å²) in [7, 11) is 0. The Morgan fingerprint density at radius 2 is 2.00 bits per heavy atom.